The standard InChI is InChI=1S/C26H24N2O3S/c1-18-7-3-6-10-24(18)28-32(30,31)25-16-23(13-11-19(25)2)26(29)27-17-20-12-14-21-8-4-5-9-22(21)15-20/h3-16,28H,17H2,1-2H3,(H,27,29). The van der Waals surface area contributed by atoms with Gasteiger partial charge in [0.05, 0.1) is 10.6 Å². The monoisotopic (exact) mass is 444 g/mol. The highest BCUT2D eigenvalue weighted by molar-refractivity contribution is 7.92. The number of anilines is 1. The van der Waals surface area contributed by atoms with Crippen molar-refractivity contribution in [1.29, 1.82) is 0 Å². The number of nitrogens with one attached hydrogen (secondary N) is 2. The summed E-state index contributed by atoms with van der Waals surface area (Å²) in [4.78, 5) is 12.8. The SMILES string of the molecule is Cc1ccccc1NS(=O)(=O)c1cc(C(=O)NCc2ccc3ccccc3c2)ccc1C. The van der Waals surface area contributed by atoms with Crippen LogP contribution in [0.2, 0.25) is 0 Å². The Morgan fingerprint density at radius 3 is 2.28 bits per heavy atom. The largest absolute Gasteiger partial charge is 0.348 e. The Morgan fingerprint density at radius 2 is 1.50 bits per heavy atom. The highest BCUT2D eigenvalue weighted by Crippen LogP contribution is 2.23. The second kappa shape index (κ2) is 8.85. The van der Waals surface area contributed by atoms with Crippen LogP contribution in [0.15, 0.2) is 89.8 Å². The third-order valence-electron chi connectivity index (χ3n) is 5.40. The molecule has 0 saturated carbocycles. The second-order valence-electron chi connectivity index (χ2n) is 7.76. The smallest absolute Gasteiger partial charge is 0.262 e. The van der Waals surface area contributed by atoms with Crippen molar-refractivity contribution >= 4 is 32.4 Å². The number of rotatable bonds is 6. The van der Waals surface area contributed by atoms with Gasteiger partial charge in [-0.05, 0) is 65.6 Å². The van der Waals surface area contributed by atoms with Gasteiger partial charge in [-0.25, -0.2) is 8.42 Å². The first-order valence-corrected chi connectivity index (χ1v) is 11.8. The summed E-state index contributed by atoms with van der Waals surface area (Å²) in [6.07, 6.45) is 0. The molecule has 2 N–H and O–H groups in total. The van der Waals surface area contributed by atoms with Crippen molar-refractivity contribution in [2.24, 2.45) is 0 Å². The number of amides is 1. The molecule has 0 radical (unpaired) electrons. The quantitative estimate of drug-likeness (QED) is 0.430. The number of sulfonamides is 1. The molecule has 0 aromatic heterocycles. The van der Waals surface area contributed by atoms with E-state index in [4.69, 9.17) is 0 Å². The van der Waals surface area contributed by atoms with Gasteiger partial charge in [0.1, 0.15) is 0 Å². The lowest BCUT2D eigenvalue weighted by atomic mass is 10.1. The van der Waals surface area contributed by atoms with E-state index in [1.165, 1.54) is 6.07 Å². The molecule has 0 saturated heterocycles. The number of fused-ring (bicyclic) bond motifs is 1. The Labute approximate surface area is 188 Å². The number of carbonyl (C=O) groups is 1. The summed E-state index contributed by atoms with van der Waals surface area (Å²) in [5.74, 6) is -0.328. The molecule has 1 amide bonds. The topological polar surface area (TPSA) is 75.3 Å². The second-order valence-corrected chi connectivity index (χ2v) is 9.42. The highest BCUT2D eigenvalue weighted by Gasteiger charge is 2.20. The fraction of sp³-hybridized carbons (Fsp3) is 0.115. The summed E-state index contributed by atoms with van der Waals surface area (Å²) in [6, 6.07) is 25.9. The first kappa shape index (κ1) is 21.6. The average Bonchev–Trinajstić information content (AvgIpc) is 2.79. The van der Waals surface area contributed by atoms with E-state index >= 15 is 0 Å². The van der Waals surface area contributed by atoms with Crippen LogP contribution >= 0.6 is 0 Å². The van der Waals surface area contributed by atoms with Crippen LogP contribution in [0.25, 0.3) is 10.8 Å². The van der Waals surface area contributed by atoms with E-state index in [1.807, 2.05) is 61.5 Å². The Kier molecular flexibility index (Phi) is 5.97. The van der Waals surface area contributed by atoms with E-state index in [0.29, 0.717) is 23.4 Å². The van der Waals surface area contributed by atoms with E-state index in [0.717, 1.165) is 21.9 Å². The van der Waals surface area contributed by atoms with Gasteiger partial charge in [-0.2, -0.15) is 0 Å². The zero-order valence-corrected chi connectivity index (χ0v) is 18.7. The molecule has 0 heterocycles. The molecule has 4 rings (SSSR count). The fourth-order valence-corrected chi connectivity index (χ4v) is 4.95. The number of hydrogen-bond acceptors (Lipinski definition) is 3. The van der Waals surface area contributed by atoms with E-state index in [2.05, 4.69) is 10.0 Å². The van der Waals surface area contributed by atoms with E-state index < -0.39 is 10.0 Å². The van der Waals surface area contributed by atoms with Gasteiger partial charge in [-0.1, -0.05) is 60.7 Å². The molecule has 162 valence electrons. The molecule has 4 aromatic rings. The van der Waals surface area contributed by atoms with Crippen LogP contribution in [-0.4, -0.2) is 14.3 Å². The lowest BCUT2D eigenvalue weighted by molar-refractivity contribution is 0.0950. The van der Waals surface area contributed by atoms with Crippen molar-refractivity contribution in [3.8, 4) is 0 Å². The summed E-state index contributed by atoms with van der Waals surface area (Å²) >= 11 is 0. The van der Waals surface area contributed by atoms with Crippen LogP contribution in [0.4, 0.5) is 5.69 Å². The van der Waals surface area contributed by atoms with Gasteiger partial charge in [0.25, 0.3) is 15.9 Å². The van der Waals surface area contributed by atoms with Crippen LogP contribution in [0.1, 0.15) is 27.0 Å². The first-order chi connectivity index (χ1) is 15.3. The molecule has 0 atom stereocenters. The van der Waals surface area contributed by atoms with Crippen LogP contribution in [-0.2, 0) is 16.6 Å². The normalized spacial score (nSPS) is 11.3. The Balaban J connectivity index is 1.53. The predicted octanol–water partition coefficient (Wildman–Crippen LogP) is 5.19. The summed E-state index contributed by atoms with van der Waals surface area (Å²) in [6.45, 7) is 3.89. The van der Waals surface area contributed by atoms with Gasteiger partial charge in [-0.15, -0.1) is 0 Å². The third kappa shape index (κ3) is 4.65. The van der Waals surface area contributed by atoms with Crippen LogP contribution in [0.3, 0.4) is 0 Å². The molecule has 4 aromatic carbocycles. The minimum atomic E-state index is -3.84. The van der Waals surface area contributed by atoms with Crippen molar-refractivity contribution in [2.45, 2.75) is 25.3 Å². The molecule has 32 heavy (non-hydrogen) atoms. The van der Waals surface area contributed by atoms with Crippen molar-refractivity contribution < 1.29 is 13.2 Å². The van der Waals surface area contributed by atoms with E-state index in [1.54, 1.807) is 31.2 Å². The minimum absolute atomic E-state index is 0.0825. The maximum atomic E-state index is 13.0. The van der Waals surface area contributed by atoms with Crippen molar-refractivity contribution in [2.75, 3.05) is 4.72 Å². The van der Waals surface area contributed by atoms with Gasteiger partial charge >= 0.3 is 0 Å². The number of benzene rings is 4. The summed E-state index contributed by atoms with van der Waals surface area (Å²) in [5, 5.41) is 5.12. The van der Waals surface area contributed by atoms with E-state index in [9.17, 15) is 13.2 Å². The number of para-hydroxylation sites is 1. The van der Waals surface area contributed by atoms with Crippen LogP contribution < -0.4 is 10.0 Å². The number of aryl methyl sites for hydroxylation is 2. The van der Waals surface area contributed by atoms with Crippen molar-refractivity contribution in [1.82, 2.24) is 5.32 Å². The average molecular weight is 445 g/mol. The van der Waals surface area contributed by atoms with Gasteiger partial charge in [0.2, 0.25) is 0 Å². The molecule has 0 aliphatic carbocycles. The van der Waals surface area contributed by atoms with E-state index in [-0.39, 0.29) is 10.8 Å². The molecule has 0 bridgehead atoms. The summed E-state index contributed by atoms with van der Waals surface area (Å²) in [5.41, 5.74) is 3.16. The zero-order valence-electron chi connectivity index (χ0n) is 17.9. The van der Waals surface area contributed by atoms with Gasteiger partial charge in [-0.3, -0.25) is 9.52 Å². The minimum Gasteiger partial charge on any atom is -0.348 e. The number of carbonyl (C=O) groups excluding carboxylic acids is 1. The highest BCUT2D eigenvalue weighted by atomic mass is 32.2. The zero-order chi connectivity index (χ0) is 22.7. The Hall–Kier alpha value is -3.64. The predicted molar refractivity (Wildman–Crippen MR) is 128 cm³/mol. The third-order valence-corrected chi connectivity index (χ3v) is 6.90. The first-order valence-electron chi connectivity index (χ1n) is 10.3. The molecule has 0 aliphatic heterocycles. The molecule has 0 aliphatic rings. The number of hydrogen-bond donors (Lipinski definition) is 2. The molecule has 0 unspecified atom stereocenters. The van der Waals surface area contributed by atoms with Crippen molar-refractivity contribution in [3.63, 3.8) is 0 Å². The van der Waals surface area contributed by atoms with Gasteiger partial charge in [0.15, 0.2) is 0 Å². The van der Waals surface area contributed by atoms with Crippen molar-refractivity contribution in [3.05, 3.63) is 107 Å². The van der Waals surface area contributed by atoms with Crippen LogP contribution in [0.5, 0.6) is 0 Å². The molecule has 6 heteroatoms. The Bertz CT molecular complexity index is 1410. The fourth-order valence-electron chi connectivity index (χ4n) is 3.55. The molecule has 0 fully saturated rings. The maximum Gasteiger partial charge on any atom is 0.262 e. The van der Waals surface area contributed by atoms with Gasteiger partial charge < -0.3 is 5.32 Å². The van der Waals surface area contributed by atoms with Gasteiger partial charge in [0, 0.05) is 12.1 Å². The molecule has 5 nitrogen and oxygen atoms in total. The molecular formula is C26H24N2O3S. The molecule has 0 spiro atoms. The summed E-state index contributed by atoms with van der Waals surface area (Å²) in [7, 11) is -3.84. The Morgan fingerprint density at radius 1 is 0.781 bits per heavy atom. The lowest BCUT2D eigenvalue weighted by Gasteiger charge is -2.13. The molecular weight excluding hydrogens is 420 g/mol. The summed E-state index contributed by atoms with van der Waals surface area (Å²) < 4.78 is 28.6. The maximum absolute atomic E-state index is 13.0. The lowest BCUT2D eigenvalue weighted by Crippen LogP contribution is -2.23. The van der Waals surface area contributed by atoms with Crippen LogP contribution in [0, 0.1) is 13.8 Å².